The Bertz CT molecular complexity index is 1040. The first-order valence-electron chi connectivity index (χ1n) is 9.34. The Morgan fingerprint density at radius 1 is 1.37 bits per heavy atom. The van der Waals surface area contributed by atoms with Crippen LogP contribution in [0.25, 0.3) is 0 Å². The predicted molar refractivity (Wildman–Crippen MR) is 114 cm³/mol. The minimum Gasteiger partial charge on any atom is -0.309 e. The Labute approximate surface area is 180 Å². The average molecular weight is 451 g/mol. The van der Waals surface area contributed by atoms with Gasteiger partial charge < -0.3 is 5.32 Å². The van der Waals surface area contributed by atoms with E-state index in [1.54, 1.807) is 19.2 Å². The molecule has 0 spiro atoms. The number of anilines is 1. The maximum Gasteiger partial charge on any atom is 0.233 e. The Balaban J connectivity index is 1.89. The van der Waals surface area contributed by atoms with Crippen LogP contribution in [0.1, 0.15) is 30.7 Å². The molecular formula is C20H23ClN4O4S. The first-order valence-corrected chi connectivity index (χ1v) is 11.6. The number of allylic oxidation sites excluding steroid dienone is 2. The highest BCUT2D eigenvalue weighted by molar-refractivity contribution is 7.90. The van der Waals surface area contributed by atoms with Gasteiger partial charge in [-0.3, -0.25) is 20.1 Å². The molecule has 0 bridgehead atoms. The maximum absolute atomic E-state index is 13.1. The molecule has 1 amide bonds. The summed E-state index contributed by atoms with van der Waals surface area (Å²) in [5, 5.41) is 2.87. The van der Waals surface area contributed by atoms with Gasteiger partial charge in [-0.1, -0.05) is 23.7 Å². The first kappa shape index (κ1) is 22.2. The molecule has 1 aromatic heterocycles. The van der Waals surface area contributed by atoms with Gasteiger partial charge in [0.25, 0.3) is 0 Å². The molecule has 2 N–H and O–H groups in total. The van der Waals surface area contributed by atoms with Crippen molar-refractivity contribution < 1.29 is 18.0 Å². The van der Waals surface area contributed by atoms with Crippen molar-refractivity contribution in [2.24, 2.45) is 5.92 Å². The van der Waals surface area contributed by atoms with E-state index in [9.17, 15) is 13.2 Å². The summed E-state index contributed by atoms with van der Waals surface area (Å²) in [6, 6.07) is 4.62. The fourth-order valence-electron chi connectivity index (χ4n) is 3.50. The van der Waals surface area contributed by atoms with Gasteiger partial charge in [0.2, 0.25) is 5.91 Å². The third-order valence-electron chi connectivity index (χ3n) is 4.88. The first-order chi connectivity index (χ1) is 14.3. The molecule has 1 aliphatic rings. The van der Waals surface area contributed by atoms with Crippen molar-refractivity contribution in [2.45, 2.75) is 30.1 Å². The number of hydrogen-bond donors (Lipinski definition) is 2. The van der Waals surface area contributed by atoms with E-state index >= 15 is 0 Å². The number of benzene rings is 1. The third kappa shape index (κ3) is 5.56. The summed E-state index contributed by atoms with van der Waals surface area (Å²) < 4.78 is 23.8. The lowest BCUT2D eigenvalue weighted by molar-refractivity contribution is -0.117. The SMILES string of the molecule is CONC1=CC(CC(C(=O)Nc2cnccn2)c2ccc(S(C)(=O)=O)c(Cl)c2)CC1. The fourth-order valence-corrected chi connectivity index (χ4v) is 4.84. The molecule has 0 saturated heterocycles. The van der Waals surface area contributed by atoms with E-state index in [-0.39, 0.29) is 21.7 Å². The van der Waals surface area contributed by atoms with Crippen LogP contribution in [0.5, 0.6) is 0 Å². The summed E-state index contributed by atoms with van der Waals surface area (Å²) in [5.41, 5.74) is 4.45. The number of rotatable bonds is 8. The Morgan fingerprint density at radius 3 is 2.80 bits per heavy atom. The number of carbonyl (C=O) groups excluding carboxylic acids is 1. The van der Waals surface area contributed by atoms with E-state index in [0.717, 1.165) is 24.8 Å². The van der Waals surface area contributed by atoms with Crippen molar-refractivity contribution in [3.63, 3.8) is 0 Å². The van der Waals surface area contributed by atoms with Gasteiger partial charge in [0.1, 0.15) is 0 Å². The van der Waals surface area contributed by atoms with Crippen LogP contribution in [-0.4, -0.2) is 37.7 Å². The van der Waals surface area contributed by atoms with Crippen LogP contribution in [0.15, 0.2) is 53.5 Å². The quantitative estimate of drug-likeness (QED) is 0.594. The summed E-state index contributed by atoms with van der Waals surface area (Å²) in [4.78, 5) is 26.1. The van der Waals surface area contributed by atoms with E-state index < -0.39 is 15.8 Å². The number of halogens is 1. The lowest BCUT2D eigenvalue weighted by Crippen LogP contribution is -2.23. The van der Waals surface area contributed by atoms with E-state index in [0.29, 0.717) is 17.8 Å². The van der Waals surface area contributed by atoms with Gasteiger partial charge in [0.15, 0.2) is 15.7 Å². The average Bonchev–Trinajstić information content (AvgIpc) is 3.13. The molecule has 2 atom stereocenters. The molecule has 0 saturated carbocycles. The number of hydrogen-bond acceptors (Lipinski definition) is 7. The highest BCUT2D eigenvalue weighted by atomic mass is 35.5. The Morgan fingerprint density at radius 2 is 2.17 bits per heavy atom. The van der Waals surface area contributed by atoms with Gasteiger partial charge >= 0.3 is 0 Å². The van der Waals surface area contributed by atoms with Crippen LogP contribution >= 0.6 is 11.6 Å². The Hall–Kier alpha value is -2.49. The molecule has 3 rings (SSSR count). The summed E-state index contributed by atoms with van der Waals surface area (Å²) in [6.45, 7) is 0. The summed E-state index contributed by atoms with van der Waals surface area (Å²) in [5.74, 6) is -0.329. The number of carbonyl (C=O) groups is 1. The molecule has 10 heteroatoms. The molecule has 0 radical (unpaired) electrons. The molecule has 1 aromatic carbocycles. The van der Waals surface area contributed by atoms with Crippen LogP contribution in [0.3, 0.4) is 0 Å². The second kappa shape index (κ2) is 9.55. The number of amides is 1. The largest absolute Gasteiger partial charge is 0.309 e. The lowest BCUT2D eigenvalue weighted by atomic mass is 9.87. The molecule has 160 valence electrons. The van der Waals surface area contributed by atoms with E-state index in [4.69, 9.17) is 16.4 Å². The van der Waals surface area contributed by atoms with Crippen molar-refractivity contribution in [1.29, 1.82) is 0 Å². The van der Waals surface area contributed by atoms with Gasteiger partial charge in [-0.25, -0.2) is 13.4 Å². The summed E-state index contributed by atoms with van der Waals surface area (Å²) >= 11 is 6.23. The highest BCUT2D eigenvalue weighted by Gasteiger charge is 2.28. The number of nitrogens with zero attached hydrogens (tertiary/aromatic N) is 2. The normalized spacial score (nSPS) is 17.3. The molecule has 2 unspecified atom stereocenters. The van der Waals surface area contributed by atoms with Crippen molar-refractivity contribution in [3.8, 4) is 0 Å². The second-order valence-electron chi connectivity index (χ2n) is 7.13. The minimum atomic E-state index is -3.46. The molecule has 30 heavy (non-hydrogen) atoms. The van der Waals surface area contributed by atoms with Gasteiger partial charge in [0, 0.05) is 24.3 Å². The van der Waals surface area contributed by atoms with Crippen LogP contribution < -0.4 is 10.8 Å². The van der Waals surface area contributed by atoms with Crippen LogP contribution in [0.4, 0.5) is 5.82 Å². The van der Waals surface area contributed by atoms with Crippen LogP contribution in [-0.2, 0) is 19.5 Å². The number of hydroxylamine groups is 1. The topological polar surface area (TPSA) is 110 Å². The second-order valence-corrected chi connectivity index (χ2v) is 9.52. The lowest BCUT2D eigenvalue weighted by Gasteiger charge is -2.20. The smallest absolute Gasteiger partial charge is 0.233 e. The molecule has 2 aromatic rings. The summed E-state index contributed by atoms with van der Waals surface area (Å²) in [6.07, 6.45) is 9.84. The molecule has 1 aliphatic carbocycles. The van der Waals surface area contributed by atoms with Gasteiger partial charge in [-0.05, 0) is 42.9 Å². The van der Waals surface area contributed by atoms with Gasteiger partial charge in [0.05, 0.1) is 29.1 Å². The number of aromatic nitrogens is 2. The molecule has 0 fully saturated rings. The zero-order valence-corrected chi connectivity index (χ0v) is 18.2. The van der Waals surface area contributed by atoms with Crippen molar-refractivity contribution in [2.75, 3.05) is 18.7 Å². The zero-order valence-electron chi connectivity index (χ0n) is 16.6. The molecule has 8 nitrogen and oxygen atoms in total. The Kier molecular flexibility index (Phi) is 7.06. The number of sulfone groups is 1. The van der Waals surface area contributed by atoms with E-state index in [2.05, 4.69) is 26.8 Å². The predicted octanol–water partition coefficient (Wildman–Crippen LogP) is 3.09. The number of nitrogens with one attached hydrogen (secondary N) is 2. The van der Waals surface area contributed by atoms with Crippen LogP contribution in [0, 0.1) is 5.92 Å². The van der Waals surface area contributed by atoms with Gasteiger partial charge in [-0.2, -0.15) is 0 Å². The molecule has 0 aliphatic heterocycles. The van der Waals surface area contributed by atoms with Crippen molar-refractivity contribution in [3.05, 3.63) is 59.1 Å². The monoisotopic (exact) mass is 450 g/mol. The zero-order chi connectivity index (χ0) is 21.7. The third-order valence-corrected chi connectivity index (χ3v) is 6.46. The summed E-state index contributed by atoms with van der Waals surface area (Å²) in [7, 11) is -1.91. The molecule has 1 heterocycles. The maximum atomic E-state index is 13.1. The van der Waals surface area contributed by atoms with Crippen molar-refractivity contribution >= 4 is 33.2 Å². The van der Waals surface area contributed by atoms with Crippen LogP contribution in [0.2, 0.25) is 5.02 Å². The highest BCUT2D eigenvalue weighted by Crippen LogP contribution is 2.35. The van der Waals surface area contributed by atoms with Crippen molar-refractivity contribution in [1.82, 2.24) is 15.4 Å². The van der Waals surface area contributed by atoms with E-state index in [1.807, 2.05) is 0 Å². The van der Waals surface area contributed by atoms with E-state index in [1.165, 1.54) is 24.7 Å². The standard InChI is InChI=1S/C20H23ClN4O4S/c1-29-25-15-5-3-13(9-15)10-16(20(26)24-19-12-22-7-8-23-19)14-4-6-18(17(21)11-14)30(2,27)28/h4,6-9,11-13,16,25H,3,5,10H2,1-2H3,(H,23,24,26). The van der Waals surface area contributed by atoms with Gasteiger partial charge in [-0.15, -0.1) is 0 Å². The minimum absolute atomic E-state index is 0.0355. The molecular weight excluding hydrogens is 428 g/mol. The fraction of sp³-hybridized carbons (Fsp3) is 0.350.